The Balaban J connectivity index is 1.55. The molecule has 0 radical (unpaired) electrons. The van der Waals surface area contributed by atoms with Gasteiger partial charge in [0.15, 0.2) is 5.58 Å². The molecular formula is C30H17NO2. The summed E-state index contributed by atoms with van der Waals surface area (Å²) >= 11 is 0. The van der Waals surface area contributed by atoms with Crippen molar-refractivity contribution < 1.29 is 8.83 Å². The van der Waals surface area contributed by atoms with Crippen molar-refractivity contribution in [3.8, 4) is 5.69 Å². The SMILES string of the molecule is c1ccc2c(c1)oc1cc(-n3c4ccccc4c4ccc5c6ccccc6oc5c43)ccc12. The van der Waals surface area contributed by atoms with E-state index in [0.717, 1.165) is 60.6 Å². The second-order valence-electron chi connectivity index (χ2n) is 8.57. The van der Waals surface area contributed by atoms with Gasteiger partial charge in [0, 0.05) is 38.4 Å². The zero-order valence-electron chi connectivity index (χ0n) is 17.6. The lowest BCUT2D eigenvalue weighted by Gasteiger charge is -2.08. The second kappa shape index (κ2) is 6.05. The lowest BCUT2D eigenvalue weighted by molar-refractivity contribution is 0.668. The molecule has 0 saturated heterocycles. The predicted octanol–water partition coefficient (Wildman–Crippen LogP) is 8.58. The molecule has 0 atom stereocenters. The van der Waals surface area contributed by atoms with E-state index in [1.165, 1.54) is 10.8 Å². The summed E-state index contributed by atoms with van der Waals surface area (Å²) in [6.07, 6.45) is 0. The first-order valence-corrected chi connectivity index (χ1v) is 11.1. The third-order valence-corrected chi connectivity index (χ3v) is 6.80. The Bertz CT molecular complexity index is 2030. The van der Waals surface area contributed by atoms with Gasteiger partial charge in [0.2, 0.25) is 0 Å². The van der Waals surface area contributed by atoms with Crippen molar-refractivity contribution in [2.75, 3.05) is 0 Å². The number of hydrogen-bond acceptors (Lipinski definition) is 2. The molecule has 0 aliphatic rings. The summed E-state index contributed by atoms with van der Waals surface area (Å²) in [5, 5.41) is 6.93. The maximum absolute atomic E-state index is 6.45. The molecule has 0 N–H and O–H groups in total. The number of para-hydroxylation sites is 3. The molecule has 0 bridgehead atoms. The molecule has 5 aromatic carbocycles. The summed E-state index contributed by atoms with van der Waals surface area (Å²) in [5.41, 5.74) is 6.90. The van der Waals surface area contributed by atoms with E-state index in [4.69, 9.17) is 8.83 Å². The molecule has 8 aromatic rings. The minimum Gasteiger partial charge on any atom is -0.456 e. The number of hydrogen-bond donors (Lipinski definition) is 0. The Morgan fingerprint density at radius 1 is 0.455 bits per heavy atom. The highest BCUT2D eigenvalue weighted by molar-refractivity contribution is 6.21. The molecule has 0 spiro atoms. The van der Waals surface area contributed by atoms with Gasteiger partial charge in [-0.25, -0.2) is 0 Å². The first-order chi connectivity index (χ1) is 16.4. The Hall–Kier alpha value is -4.50. The van der Waals surface area contributed by atoms with Gasteiger partial charge in [0.05, 0.1) is 16.7 Å². The van der Waals surface area contributed by atoms with Gasteiger partial charge in [-0.3, -0.25) is 0 Å². The smallest absolute Gasteiger partial charge is 0.160 e. The van der Waals surface area contributed by atoms with E-state index in [1.54, 1.807) is 0 Å². The first kappa shape index (κ1) is 17.1. The normalized spacial score (nSPS) is 12.2. The average Bonchev–Trinajstić information content (AvgIpc) is 3.52. The fourth-order valence-electron chi connectivity index (χ4n) is 5.35. The summed E-state index contributed by atoms with van der Waals surface area (Å²) < 4.78 is 15.0. The van der Waals surface area contributed by atoms with Crippen LogP contribution in [0.3, 0.4) is 0 Å². The summed E-state index contributed by atoms with van der Waals surface area (Å²) in [7, 11) is 0. The van der Waals surface area contributed by atoms with Crippen molar-refractivity contribution >= 4 is 65.7 Å². The topological polar surface area (TPSA) is 31.2 Å². The molecule has 3 aromatic heterocycles. The molecule has 8 rings (SSSR count). The molecule has 3 heterocycles. The van der Waals surface area contributed by atoms with E-state index >= 15 is 0 Å². The van der Waals surface area contributed by atoms with Gasteiger partial charge in [-0.05, 0) is 36.4 Å². The summed E-state index contributed by atoms with van der Waals surface area (Å²) in [5.74, 6) is 0. The Morgan fingerprint density at radius 3 is 1.91 bits per heavy atom. The van der Waals surface area contributed by atoms with Crippen LogP contribution in [0, 0.1) is 0 Å². The molecule has 3 heteroatoms. The molecule has 0 unspecified atom stereocenters. The zero-order valence-corrected chi connectivity index (χ0v) is 17.6. The monoisotopic (exact) mass is 423 g/mol. The maximum Gasteiger partial charge on any atom is 0.160 e. The molecule has 3 nitrogen and oxygen atoms in total. The molecule has 0 aliphatic carbocycles. The van der Waals surface area contributed by atoms with Crippen LogP contribution in [0.25, 0.3) is 71.4 Å². The highest BCUT2D eigenvalue weighted by atomic mass is 16.3. The quantitative estimate of drug-likeness (QED) is 0.265. The standard InChI is InChI=1S/C30H17NO2/c1-4-10-25-19(7-1)23-15-16-24-21-9-3-6-12-27(21)33-30(24)29(23)31(25)18-13-14-22-20-8-2-5-11-26(20)32-28(22)17-18/h1-17H. The number of benzene rings is 5. The van der Waals surface area contributed by atoms with Crippen LogP contribution in [-0.4, -0.2) is 4.57 Å². The molecule has 0 fully saturated rings. The van der Waals surface area contributed by atoms with Crippen molar-refractivity contribution in [2.24, 2.45) is 0 Å². The maximum atomic E-state index is 6.45. The van der Waals surface area contributed by atoms with Gasteiger partial charge < -0.3 is 13.4 Å². The zero-order chi connectivity index (χ0) is 21.5. The van der Waals surface area contributed by atoms with E-state index in [9.17, 15) is 0 Å². The fourth-order valence-corrected chi connectivity index (χ4v) is 5.35. The number of rotatable bonds is 1. The van der Waals surface area contributed by atoms with Crippen LogP contribution in [0.4, 0.5) is 0 Å². The second-order valence-corrected chi connectivity index (χ2v) is 8.57. The third kappa shape index (κ3) is 2.18. The largest absolute Gasteiger partial charge is 0.456 e. The number of aromatic nitrogens is 1. The van der Waals surface area contributed by atoms with Crippen LogP contribution in [-0.2, 0) is 0 Å². The molecule has 154 valence electrons. The summed E-state index contributed by atoms with van der Waals surface area (Å²) in [4.78, 5) is 0. The molecular weight excluding hydrogens is 406 g/mol. The van der Waals surface area contributed by atoms with Crippen molar-refractivity contribution in [3.05, 3.63) is 103 Å². The van der Waals surface area contributed by atoms with E-state index in [1.807, 2.05) is 24.3 Å². The third-order valence-electron chi connectivity index (χ3n) is 6.80. The van der Waals surface area contributed by atoms with Crippen molar-refractivity contribution in [3.63, 3.8) is 0 Å². The fraction of sp³-hybridized carbons (Fsp3) is 0. The summed E-state index contributed by atoms with van der Waals surface area (Å²) in [6, 6.07) is 35.9. The summed E-state index contributed by atoms with van der Waals surface area (Å²) in [6.45, 7) is 0. The highest BCUT2D eigenvalue weighted by Gasteiger charge is 2.19. The molecule has 0 amide bonds. The van der Waals surface area contributed by atoms with Gasteiger partial charge in [-0.1, -0.05) is 60.7 Å². The van der Waals surface area contributed by atoms with Gasteiger partial charge in [-0.2, -0.15) is 0 Å². The van der Waals surface area contributed by atoms with E-state index in [-0.39, 0.29) is 0 Å². The van der Waals surface area contributed by atoms with Gasteiger partial charge in [0.25, 0.3) is 0 Å². The minimum atomic E-state index is 0.886. The molecule has 33 heavy (non-hydrogen) atoms. The lowest BCUT2D eigenvalue weighted by Crippen LogP contribution is -1.93. The van der Waals surface area contributed by atoms with Crippen LogP contribution in [0.5, 0.6) is 0 Å². The van der Waals surface area contributed by atoms with Gasteiger partial charge in [0.1, 0.15) is 16.7 Å². The van der Waals surface area contributed by atoms with Gasteiger partial charge in [-0.15, -0.1) is 0 Å². The van der Waals surface area contributed by atoms with E-state index in [2.05, 4.69) is 83.4 Å². The van der Waals surface area contributed by atoms with Crippen LogP contribution in [0.15, 0.2) is 112 Å². The van der Waals surface area contributed by atoms with Crippen LogP contribution in [0.1, 0.15) is 0 Å². The van der Waals surface area contributed by atoms with Crippen molar-refractivity contribution in [2.45, 2.75) is 0 Å². The van der Waals surface area contributed by atoms with Gasteiger partial charge >= 0.3 is 0 Å². The lowest BCUT2D eigenvalue weighted by atomic mass is 10.1. The van der Waals surface area contributed by atoms with Crippen LogP contribution >= 0.6 is 0 Å². The average molecular weight is 423 g/mol. The Kier molecular flexibility index (Phi) is 3.14. The number of furan rings is 2. The van der Waals surface area contributed by atoms with E-state index < -0.39 is 0 Å². The number of fused-ring (bicyclic) bond motifs is 10. The molecule has 0 aliphatic heterocycles. The first-order valence-electron chi connectivity index (χ1n) is 11.1. The Labute approximate surface area is 188 Å². The van der Waals surface area contributed by atoms with Crippen molar-refractivity contribution in [1.29, 1.82) is 0 Å². The van der Waals surface area contributed by atoms with Crippen LogP contribution < -0.4 is 0 Å². The Morgan fingerprint density at radius 2 is 1.06 bits per heavy atom. The predicted molar refractivity (Wildman–Crippen MR) is 135 cm³/mol. The highest BCUT2D eigenvalue weighted by Crippen LogP contribution is 2.40. The number of nitrogens with zero attached hydrogens (tertiary/aromatic N) is 1. The molecule has 0 saturated carbocycles. The van der Waals surface area contributed by atoms with E-state index in [0.29, 0.717) is 0 Å². The minimum absolute atomic E-state index is 0.886. The van der Waals surface area contributed by atoms with Crippen LogP contribution in [0.2, 0.25) is 0 Å². The van der Waals surface area contributed by atoms with Crippen molar-refractivity contribution in [1.82, 2.24) is 4.57 Å².